The fraction of sp³-hybridized carbons (Fsp3) is 0.286. The zero-order valence-electron chi connectivity index (χ0n) is 53.9. The Morgan fingerprint density at radius 3 is 1.28 bits per heavy atom. The van der Waals surface area contributed by atoms with Crippen molar-refractivity contribution < 1.29 is 0 Å². The van der Waals surface area contributed by atoms with Gasteiger partial charge in [0.2, 0.25) is 0 Å². The molecule has 1 fully saturated rings. The van der Waals surface area contributed by atoms with Crippen LogP contribution in [0.25, 0.3) is 44.5 Å². The van der Waals surface area contributed by atoms with Gasteiger partial charge in [-0.3, -0.25) is 0 Å². The molecule has 0 saturated heterocycles. The highest BCUT2D eigenvalue weighted by atomic mass is 15.3. The van der Waals surface area contributed by atoms with Crippen LogP contribution in [0.4, 0.5) is 45.5 Å². The number of hydrogen-bond donors (Lipinski definition) is 0. The van der Waals surface area contributed by atoms with Crippen LogP contribution < -0.4 is 31.1 Å². The first-order valence-corrected chi connectivity index (χ1v) is 32.7. The number of hydrogen-bond acceptors (Lipinski definition) is 3. The van der Waals surface area contributed by atoms with Gasteiger partial charge in [0, 0.05) is 50.7 Å². The smallest absolute Gasteiger partial charge is 0.252 e. The van der Waals surface area contributed by atoms with Crippen LogP contribution in [-0.4, -0.2) is 12.3 Å². The Morgan fingerprint density at radius 2 is 0.773 bits per heavy atom. The van der Waals surface area contributed by atoms with Crippen molar-refractivity contribution in [3.05, 3.63) is 246 Å². The summed E-state index contributed by atoms with van der Waals surface area (Å²) < 4.78 is 0. The molecule has 5 aliphatic rings. The van der Waals surface area contributed by atoms with E-state index in [1.165, 1.54) is 147 Å². The van der Waals surface area contributed by atoms with Crippen molar-refractivity contribution in [2.75, 3.05) is 14.7 Å². The van der Waals surface area contributed by atoms with Gasteiger partial charge in [-0.2, -0.15) is 0 Å². The molecule has 2 aliphatic carbocycles. The summed E-state index contributed by atoms with van der Waals surface area (Å²) >= 11 is 0. The lowest BCUT2D eigenvalue weighted by Gasteiger charge is -2.51. The van der Waals surface area contributed by atoms with Crippen LogP contribution in [-0.2, 0) is 27.1 Å². The van der Waals surface area contributed by atoms with Gasteiger partial charge in [-0.25, -0.2) is 0 Å². The van der Waals surface area contributed by atoms with Crippen molar-refractivity contribution in [3.8, 4) is 44.5 Å². The summed E-state index contributed by atoms with van der Waals surface area (Å²) in [5.74, 6) is 0. The first kappa shape index (κ1) is 56.2. The molecule has 15 rings (SSSR count). The molecule has 10 aromatic rings. The molecule has 1 saturated carbocycles. The summed E-state index contributed by atoms with van der Waals surface area (Å²) in [6.45, 7) is 29.3. The Hall–Kier alpha value is -8.34. The second kappa shape index (κ2) is 20.1. The van der Waals surface area contributed by atoms with Crippen LogP contribution in [0.3, 0.4) is 0 Å². The molecular weight excluding hydrogens is 1060 g/mol. The second-order valence-corrected chi connectivity index (χ2v) is 30.3. The average molecular weight is 1150 g/mol. The summed E-state index contributed by atoms with van der Waals surface area (Å²) in [5.41, 5.74) is 30.3. The Balaban J connectivity index is 1.12. The quantitative estimate of drug-likeness (QED) is 0.147. The van der Waals surface area contributed by atoms with E-state index in [4.69, 9.17) is 0 Å². The highest BCUT2D eigenvalue weighted by Crippen LogP contribution is 2.63. The SMILES string of the molecule is CC(C)(C)c1ccc(N2c3ccc(-c4ccccc4)cc3B3c4cc5c(cc4N(c4ccc(C(C)(C)C)cc4-c4ccccc4)c4cc(N6c7ccc(-c8ccccc8)cc7C7(C)CCCCC67C)cc2c43)C(C)(C)CCC5(C)C)c(-c2ccccc2)c1. The Labute approximate surface area is 525 Å². The van der Waals surface area contributed by atoms with E-state index in [-0.39, 0.29) is 39.3 Å². The second-order valence-electron chi connectivity index (χ2n) is 30.3. The number of fused-ring (bicyclic) bond motifs is 8. The average Bonchev–Trinajstić information content (AvgIpc) is 1.17. The molecule has 2 unspecified atom stereocenters. The van der Waals surface area contributed by atoms with Gasteiger partial charge in [0.15, 0.2) is 0 Å². The molecule has 3 aliphatic heterocycles. The molecule has 0 spiro atoms. The molecule has 3 nitrogen and oxygen atoms in total. The van der Waals surface area contributed by atoms with Gasteiger partial charge in [0.1, 0.15) is 0 Å². The standard InChI is InChI=1S/C84H84BN3/c1-79(2,3)61-37-41-71(64(49-61)57-31-21-15-22-32-57)86-74-40-36-60(56-29-19-14-20-30-56)48-69(74)85-70-53-66-67(82(9,10)46-45-81(66,7)8)54-75(70)87(72-42-38-62(80(4,5)6)50-65(72)58-33-23-16-24-34-58)77-52-63(51-76(86)78(77)85)88-73-39-35-59(55-27-17-13-18-28-55)47-68(73)83(11)43-25-26-44-84(83,88)12/h13-24,27-42,47-54H,25-26,43-46H2,1-12H3. The van der Waals surface area contributed by atoms with Gasteiger partial charge < -0.3 is 14.7 Å². The van der Waals surface area contributed by atoms with Crippen LogP contribution in [0.15, 0.2) is 218 Å². The topological polar surface area (TPSA) is 9.72 Å². The van der Waals surface area contributed by atoms with Gasteiger partial charge >= 0.3 is 0 Å². The summed E-state index contributed by atoms with van der Waals surface area (Å²) in [5, 5.41) is 0. The molecule has 88 heavy (non-hydrogen) atoms. The summed E-state index contributed by atoms with van der Waals surface area (Å²) in [4.78, 5) is 8.33. The summed E-state index contributed by atoms with van der Waals surface area (Å²) in [6, 6.07) is 85.0. The van der Waals surface area contributed by atoms with E-state index in [9.17, 15) is 0 Å². The first-order chi connectivity index (χ1) is 42.1. The highest BCUT2D eigenvalue weighted by Gasteiger charge is 2.58. The molecule has 0 bridgehead atoms. The Bertz CT molecular complexity index is 4390. The van der Waals surface area contributed by atoms with Crippen LogP contribution in [0.1, 0.15) is 149 Å². The Morgan fingerprint density at radius 1 is 0.341 bits per heavy atom. The number of anilines is 8. The van der Waals surface area contributed by atoms with E-state index in [1.807, 2.05) is 0 Å². The third-order valence-electron chi connectivity index (χ3n) is 22.0. The third-order valence-corrected chi connectivity index (χ3v) is 22.0. The molecule has 0 radical (unpaired) electrons. The minimum atomic E-state index is -0.232. The molecule has 3 heterocycles. The van der Waals surface area contributed by atoms with E-state index in [1.54, 1.807) is 0 Å². The monoisotopic (exact) mass is 1150 g/mol. The van der Waals surface area contributed by atoms with Gasteiger partial charge in [0.05, 0.1) is 16.9 Å². The zero-order chi connectivity index (χ0) is 60.9. The molecular formula is C84H84BN3. The predicted octanol–water partition coefficient (Wildman–Crippen LogP) is 21.1. The third kappa shape index (κ3) is 8.73. The molecule has 2 atom stereocenters. The van der Waals surface area contributed by atoms with Crippen LogP contribution in [0, 0.1) is 0 Å². The van der Waals surface area contributed by atoms with Crippen molar-refractivity contribution in [2.24, 2.45) is 0 Å². The van der Waals surface area contributed by atoms with Crippen LogP contribution >= 0.6 is 0 Å². The normalized spacial score (nSPS) is 19.5. The summed E-state index contributed by atoms with van der Waals surface area (Å²) in [6.07, 6.45) is 6.88. The van der Waals surface area contributed by atoms with Crippen molar-refractivity contribution in [3.63, 3.8) is 0 Å². The minimum absolute atomic E-state index is 0.0261. The summed E-state index contributed by atoms with van der Waals surface area (Å²) in [7, 11) is 0. The van der Waals surface area contributed by atoms with Crippen LogP contribution in [0.5, 0.6) is 0 Å². The lowest BCUT2D eigenvalue weighted by Crippen LogP contribution is -2.62. The minimum Gasteiger partial charge on any atom is -0.334 e. The maximum atomic E-state index is 2.85. The number of nitrogens with zero attached hydrogens (tertiary/aromatic N) is 3. The number of benzene rings is 10. The molecule has 10 aromatic carbocycles. The first-order valence-electron chi connectivity index (χ1n) is 32.7. The molecule has 0 N–H and O–H groups in total. The molecule has 438 valence electrons. The predicted molar refractivity (Wildman–Crippen MR) is 378 cm³/mol. The van der Waals surface area contributed by atoms with Crippen molar-refractivity contribution in [1.29, 1.82) is 0 Å². The largest absolute Gasteiger partial charge is 0.334 e. The van der Waals surface area contributed by atoms with Gasteiger partial charge in [-0.15, -0.1) is 0 Å². The van der Waals surface area contributed by atoms with Crippen molar-refractivity contribution >= 4 is 68.6 Å². The lowest BCUT2D eigenvalue weighted by molar-refractivity contribution is 0.195. The van der Waals surface area contributed by atoms with E-state index >= 15 is 0 Å². The van der Waals surface area contributed by atoms with E-state index < -0.39 is 0 Å². The van der Waals surface area contributed by atoms with Gasteiger partial charge in [-0.05, 0) is 193 Å². The highest BCUT2D eigenvalue weighted by molar-refractivity contribution is 7.00. The zero-order valence-corrected chi connectivity index (χ0v) is 53.9. The lowest BCUT2D eigenvalue weighted by atomic mass is 9.33. The molecule has 4 heteroatoms. The fourth-order valence-corrected chi connectivity index (χ4v) is 16.5. The van der Waals surface area contributed by atoms with E-state index in [2.05, 4.69) is 316 Å². The maximum Gasteiger partial charge on any atom is 0.252 e. The van der Waals surface area contributed by atoms with Crippen molar-refractivity contribution in [1.82, 2.24) is 0 Å². The van der Waals surface area contributed by atoms with Crippen LogP contribution in [0.2, 0.25) is 0 Å². The van der Waals surface area contributed by atoms with E-state index in [0.29, 0.717) is 0 Å². The Kier molecular flexibility index (Phi) is 12.8. The maximum absolute atomic E-state index is 2.85. The molecule has 0 aromatic heterocycles. The van der Waals surface area contributed by atoms with E-state index in [0.717, 1.165) is 25.7 Å². The van der Waals surface area contributed by atoms with Crippen molar-refractivity contribution in [2.45, 2.75) is 154 Å². The van der Waals surface area contributed by atoms with Gasteiger partial charge in [0.25, 0.3) is 6.71 Å². The number of rotatable bonds is 7. The van der Waals surface area contributed by atoms with Gasteiger partial charge in [-0.1, -0.05) is 247 Å². The molecule has 0 amide bonds. The fourth-order valence-electron chi connectivity index (χ4n) is 16.5.